The van der Waals surface area contributed by atoms with Gasteiger partial charge >= 0.3 is 5.97 Å². The second-order valence-electron chi connectivity index (χ2n) is 7.75. The maximum atomic E-state index is 10.6. The van der Waals surface area contributed by atoms with Gasteiger partial charge in [-0.3, -0.25) is 4.79 Å². The summed E-state index contributed by atoms with van der Waals surface area (Å²) in [5.41, 5.74) is 4.78. The van der Waals surface area contributed by atoms with Crippen molar-refractivity contribution in [2.45, 2.75) is 44.2 Å². The van der Waals surface area contributed by atoms with Gasteiger partial charge in [-0.2, -0.15) is 0 Å². The summed E-state index contributed by atoms with van der Waals surface area (Å²) < 4.78 is 5.92. The van der Waals surface area contributed by atoms with Crippen LogP contribution in [-0.2, 0) is 24.4 Å². The summed E-state index contributed by atoms with van der Waals surface area (Å²) in [6.07, 6.45) is 1.62. The summed E-state index contributed by atoms with van der Waals surface area (Å²) in [5.74, 6) is 1.14. The third kappa shape index (κ3) is 7.34. The van der Waals surface area contributed by atoms with Crippen molar-refractivity contribution in [3.05, 3.63) is 89.5 Å². The van der Waals surface area contributed by atoms with Crippen molar-refractivity contribution in [2.24, 2.45) is 0 Å². The van der Waals surface area contributed by atoms with E-state index in [1.165, 1.54) is 16.1 Å². The number of hydrogen-bond donors (Lipinski definition) is 1. The number of para-hydroxylation sites is 1. The maximum Gasteiger partial charge on any atom is 0.303 e. The van der Waals surface area contributed by atoms with Crippen molar-refractivity contribution >= 4 is 23.4 Å². The lowest BCUT2D eigenvalue weighted by atomic mass is 10.1. The normalized spacial score (nSPS) is 10.7. The van der Waals surface area contributed by atoms with Gasteiger partial charge in [-0.25, -0.2) is 0 Å². The standard InChI is InChI=1S/C27H31NO3S/c1-3-32-26-9-5-4-8-25(26)28(2)19-22-11-13-23(14-12-22)20-31-24-17-15-21(16-18-24)7-6-10-27(29)30/h4-5,8-9,11-18H,3,6-7,10,19-20H2,1-2H3,(H,29,30). The molecule has 0 heterocycles. The molecule has 0 aliphatic heterocycles. The van der Waals surface area contributed by atoms with E-state index in [4.69, 9.17) is 9.84 Å². The van der Waals surface area contributed by atoms with Gasteiger partial charge in [0.15, 0.2) is 0 Å². The number of aliphatic carboxylic acids is 1. The summed E-state index contributed by atoms with van der Waals surface area (Å²) in [6.45, 7) is 3.55. The quantitative estimate of drug-likeness (QED) is 0.323. The second kappa shape index (κ2) is 12.2. The second-order valence-corrected chi connectivity index (χ2v) is 9.06. The third-order valence-corrected chi connectivity index (χ3v) is 6.15. The first kappa shape index (κ1) is 23.7. The highest BCUT2D eigenvalue weighted by atomic mass is 32.2. The van der Waals surface area contributed by atoms with Gasteiger partial charge in [0.25, 0.3) is 0 Å². The molecule has 0 atom stereocenters. The van der Waals surface area contributed by atoms with Crippen molar-refractivity contribution in [3.63, 3.8) is 0 Å². The molecule has 4 nitrogen and oxygen atoms in total. The highest BCUT2D eigenvalue weighted by molar-refractivity contribution is 7.99. The summed E-state index contributed by atoms with van der Waals surface area (Å²) in [5, 5.41) is 8.73. The zero-order chi connectivity index (χ0) is 22.8. The van der Waals surface area contributed by atoms with Crippen LogP contribution < -0.4 is 9.64 Å². The van der Waals surface area contributed by atoms with Crippen LogP contribution in [0.25, 0.3) is 0 Å². The monoisotopic (exact) mass is 449 g/mol. The molecule has 32 heavy (non-hydrogen) atoms. The van der Waals surface area contributed by atoms with Crippen molar-refractivity contribution in [3.8, 4) is 5.75 Å². The Morgan fingerprint density at radius 1 is 0.938 bits per heavy atom. The molecule has 3 aromatic carbocycles. The number of hydrogen-bond acceptors (Lipinski definition) is 4. The van der Waals surface area contributed by atoms with E-state index >= 15 is 0 Å². The number of benzene rings is 3. The number of thioether (sulfide) groups is 1. The minimum Gasteiger partial charge on any atom is -0.489 e. The fourth-order valence-electron chi connectivity index (χ4n) is 3.51. The average Bonchev–Trinajstić information content (AvgIpc) is 2.80. The van der Waals surface area contributed by atoms with E-state index in [-0.39, 0.29) is 6.42 Å². The first-order valence-corrected chi connectivity index (χ1v) is 12.0. The molecule has 0 spiro atoms. The van der Waals surface area contributed by atoms with Crippen molar-refractivity contribution in [1.82, 2.24) is 0 Å². The topological polar surface area (TPSA) is 49.8 Å². The Labute approximate surface area is 195 Å². The summed E-state index contributed by atoms with van der Waals surface area (Å²) in [4.78, 5) is 14.2. The van der Waals surface area contributed by atoms with Crippen LogP contribution in [0.1, 0.15) is 36.5 Å². The molecule has 3 rings (SSSR count). The lowest BCUT2D eigenvalue weighted by Crippen LogP contribution is -2.17. The van der Waals surface area contributed by atoms with Crippen molar-refractivity contribution in [1.29, 1.82) is 0 Å². The molecule has 0 radical (unpaired) electrons. The lowest BCUT2D eigenvalue weighted by Gasteiger charge is -2.22. The van der Waals surface area contributed by atoms with Gasteiger partial charge in [0, 0.05) is 24.9 Å². The predicted octanol–water partition coefficient (Wildman–Crippen LogP) is 6.42. The van der Waals surface area contributed by atoms with E-state index in [1.54, 1.807) is 0 Å². The smallest absolute Gasteiger partial charge is 0.303 e. The zero-order valence-electron chi connectivity index (χ0n) is 18.8. The number of carboxylic acids is 1. The number of rotatable bonds is 12. The molecule has 1 N–H and O–H groups in total. The Morgan fingerprint density at radius 2 is 1.59 bits per heavy atom. The Kier molecular flexibility index (Phi) is 9.05. The molecule has 5 heteroatoms. The van der Waals surface area contributed by atoms with E-state index in [0.717, 1.165) is 35.6 Å². The lowest BCUT2D eigenvalue weighted by molar-refractivity contribution is -0.137. The third-order valence-electron chi connectivity index (χ3n) is 5.20. The van der Waals surface area contributed by atoms with E-state index < -0.39 is 5.97 Å². The molecule has 0 aliphatic carbocycles. The van der Waals surface area contributed by atoms with Crippen LogP contribution in [0.4, 0.5) is 5.69 Å². The van der Waals surface area contributed by atoms with Gasteiger partial charge in [-0.15, -0.1) is 11.8 Å². The SMILES string of the molecule is CCSc1ccccc1N(C)Cc1ccc(COc2ccc(CCCC(=O)O)cc2)cc1. The van der Waals surface area contributed by atoms with E-state index in [9.17, 15) is 4.79 Å². The molecule has 0 amide bonds. The van der Waals surface area contributed by atoms with Crippen LogP contribution >= 0.6 is 11.8 Å². The van der Waals surface area contributed by atoms with Crippen LogP contribution in [-0.4, -0.2) is 23.9 Å². The molecular weight excluding hydrogens is 418 g/mol. The minimum absolute atomic E-state index is 0.203. The molecule has 0 unspecified atom stereocenters. The molecule has 0 saturated carbocycles. The molecule has 3 aromatic rings. The first-order chi connectivity index (χ1) is 15.5. The Bertz CT molecular complexity index is 987. The van der Waals surface area contributed by atoms with Crippen LogP contribution in [0.3, 0.4) is 0 Å². The Morgan fingerprint density at radius 3 is 2.28 bits per heavy atom. The molecular formula is C27H31NO3S. The average molecular weight is 450 g/mol. The molecule has 0 bridgehead atoms. The predicted molar refractivity (Wildman–Crippen MR) is 133 cm³/mol. The van der Waals surface area contributed by atoms with Gasteiger partial charge in [0.2, 0.25) is 0 Å². The fourth-order valence-corrected chi connectivity index (χ4v) is 4.37. The largest absolute Gasteiger partial charge is 0.489 e. The van der Waals surface area contributed by atoms with Gasteiger partial charge in [0.05, 0.1) is 5.69 Å². The van der Waals surface area contributed by atoms with Crippen LogP contribution in [0.2, 0.25) is 0 Å². The van der Waals surface area contributed by atoms with Crippen LogP contribution in [0.15, 0.2) is 77.7 Å². The van der Waals surface area contributed by atoms with Crippen LogP contribution in [0, 0.1) is 0 Å². The molecule has 0 aromatic heterocycles. The molecule has 0 saturated heterocycles. The number of anilines is 1. The molecule has 0 aliphatic rings. The van der Waals surface area contributed by atoms with Gasteiger partial charge in [-0.1, -0.05) is 55.5 Å². The number of nitrogens with zero attached hydrogens (tertiary/aromatic N) is 1. The first-order valence-electron chi connectivity index (χ1n) is 11.0. The van der Waals surface area contributed by atoms with E-state index in [0.29, 0.717) is 13.0 Å². The Balaban J connectivity index is 1.50. The van der Waals surface area contributed by atoms with Crippen molar-refractivity contribution < 1.29 is 14.6 Å². The van der Waals surface area contributed by atoms with Crippen LogP contribution in [0.5, 0.6) is 5.75 Å². The highest BCUT2D eigenvalue weighted by Crippen LogP contribution is 2.30. The number of aryl methyl sites for hydroxylation is 1. The summed E-state index contributed by atoms with van der Waals surface area (Å²) >= 11 is 1.87. The molecule has 0 fully saturated rings. The number of carboxylic acid groups (broad SMARTS) is 1. The minimum atomic E-state index is -0.747. The number of ether oxygens (including phenoxy) is 1. The fraction of sp³-hybridized carbons (Fsp3) is 0.296. The maximum absolute atomic E-state index is 10.6. The summed E-state index contributed by atoms with van der Waals surface area (Å²) in [7, 11) is 2.14. The number of carbonyl (C=O) groups is 1. The van der Waals surface area contributed by atoms with E-state index in [2.05, 4.69) is 67.4 Å². The van der Waals surface area contributed by atoms with Gasteiger partial charge in [0.1, 0.15) is 12.4 Å². The zero-order valence-corrected chi connectivity index (χ0v) is 19.6. The highest BCUT2D eigenvalue weighted by Gasteiger charge is 2.08. The van der Waals surface area contributed by atoms with Gasteiger partial charge in [-0.05, 0) is 59.6 Å². The van der Waals surface area contributed by atoms with E-state index in [1.807, 2.05) is 36.0 Å². The Hall–Kier alpha value is -2.92. The van der Waals surface area contributed by atoms with Gasteiger partial charge < -0.3 is 14.7 Å². The summed E-state index contributed by atoms with van der Waals surface area (Å²) in [6, 6.07) is 25.0. The molecule has 168 valence electrons. The van der Waals surface area contributed by atoms with Crippen molar-refractivity contribution in [2.75, 3.05) is 17.7 Å².